The number of amides is 1. The maximum Gasteiger partial charge on any atom is 0.272 e. The average Bonchev–Trinajstić information content (AvgIpc) is 2.47. The van der Waals surface area contributed by atoms with Crippen molar-refractivity contribution >= 4 is 11.7 Å². The number of aromatic nitrogens is 2. The third-order valence-electron chi connectivity index (χ3n) is 2.77. The summed E-state index contributed by atoms with van der Waals surface area (Å²) < 4.78 is 4.96. The predicted octanol–water partition coefficient (Wildman–Crippen LogP) is 1.80. The standard InChI is InChI=1S/C14H24N4O2/c1-4-7-18(8-5-2)14(19)12-10-13(17-11-16-12)15-6-9-20-3/h10-11H,4-9H2,1-3H3,(H,15,16,17). The van der Waals surface area contributed by atoms with Crippen LogP contribution < -0.4 is 5.32 Å². The molecule has 0 atom stereocenters. The summed E-state index contributed by atoms with van der Waals surface area (Å²) >= 11 is 0. The average molecular weight is 280 g/mol. The van der Waals surface area contributed by atoms with E-state index in [2.05, 4.69) is 29.1 Å². The summed E-state index contributed by atoms with van der Waals surface area (Å²) in [5, 5.41) is 3.10. The molecule has 0 unspecified atom stereocenters. The minimum absolute atomic E-state index is 0.0362. The summed E-state index contributed by atoms with van der Waals surface area (Å²) in [5.74, 6) is 0.610. The Morgan fingerprint density at radius 1 is 1.30 bits per heavy atom. The number of carbonyl (C=O) groups excluding carboxylic acids is 1. The third-order valence-corrected chi connectivity index (χ3v) is 2.77. The molecule has 1 heterocycles. The van der Waals surface area contributed by atoms with Gasteiger partial charge in [0.2, 0.25) is 0 Å². The van der Waals surface area contributed by atoms with Gasteiger partial charge in [0.25, 0.3) is 5.91 Å². The molecule has 6 heteroatoms. The van der Waals surface area contributed by atoms with Crippen molar-refractivity contribution in [1.82, 2.24) is 14.9 Å². The number of nitrogens with one attached hydrogen (secondary N) is 1. The number of methoxy groups -OCH3 is 1. The lowest BCUT2D eigenvalue weighted by Gasteiger charge is -2.21. The lowest BCUT2D eigenvalue weighted by Crippen LogP contribution is -2.33. The van der Waals surface area contributed by atoms with Crippen LogP contribution >= 0.6 is 0 Å². The van der Waals surface area contributed by atoms with Gasteiger partial charge in [-0.25, -0.2) is 9.97 Å². The summed E-state index contributed by atoms with van der Waals surface area (Å²) in [6.07, 6.45) is 3.30. The topological polar surface area (TPSA) is 67.4 Å². The Hall–Kier alpha value is -1.69. The Labute approximate surface area is 120 Å². The molecule has 0 bridgehead atoms. The second-order valence-electron chi connectivity index (χ2n) is 4.50. The van der Waals surface area contributed by atoms with Crippen molar-refractivity contribution in [2.45, 2.75) is 26.7 Å². The SMILES string of the molecule is CCCN(CCC)C(=O)c1cc(NCCOC)ncn1. The Morgan fingerprint density at radius 2 is 2.00 bits per heavy atom. The molecule has 1 aromatic rings. The van der Waals surface area contributed by atoms with E-state index < -0.39 is 0 Å². The highest BCUT2D eigenvalue weighted by atomic mass is 16.5. The summed E-state index contributed by atoms with van der Waals surface area (Å²) in [4.78, 5) is 22.4. The molecule has 0 fully saturated rings. The minimum atomic E-state index is -0.0362. The van der Waals surface area contributed by atoms with Crippen LogP contribution in [0.15, 0.2) is 12.4 Å². The molecule has 0 radical (unpaired) electrons. The Morgan fingerprint density at radius 3 is 2.60 bits per heavy atom. The summed E-state index contributed by atoms with van der Waals surface area (Å²) in [6, 6.07) is 1.69. The lowest BCUT2D eigenvalue weighted by atomic mass is 10.3. The quantitative estimate of drug-likeness (QED) is 0.699. The van der Waals surface area contributed by atoms with Crippen molar-refractivity contribution in [3.05, 3.63) is 18.1 Å². The van der Waals surface area contributed by atoms with E-state index in [1.807, 2.05) is 4.90 Å². The normalized spacial score (nSPS) is 10.3. The molecule has 112 valence electrons. The predicted molar refractivity (Wildman–Crippen MR) is 78.9 cm³/mol. The van der Waals surface area contributed by atoms with Crippen LogP contribution in [0.25, 0.3) is 0 Å². The first kappa shape index (κ1) is 16.4. The number of nitrogens with zero attached hydrogens (tertiary/aromatic N) is 3. The molecular formula is C14H24N4O2. The smallest absolute Gasteiger partial charge is 0.272 e. The third kappa shape index (κ3) is 5.13. The van der Waals surface area contributed by atoms with E-state index in [1.54, 1.807) is 13.2 Å². The van der Waals surface area contributed by atoms with Crippen LogP contribution in [0.4, 0.5) is 5.82 Å². The minimum Gasteiger partial charge on any atom is -0.383 e. The van der Waals surface area contributed by atoms with Gasteiger partial charge in [-0.3, -0.25) is 4.79 Å². The maximum atomic E-state index is 12.4. The van der Waals surface area contributed by atoms with Crippen LogP contribution in [0.2, 0.25) is 0 Å². The zero-order valence-corrected chi connectivity index (χ0v) is 12.6. The number of anilines is 1. The molecule has 0 spiro atoms. The van der Waals surface area contributed by atoms with Crippen molar-refractivity contribution < 1.29 is 9.53 Å². The van der Waals surface area contributed by atoms with E-state index >= 15 is 0 Å². The number of ether oxygens (including phenoxy) is 1. The zero-order valence-electron chi connectivity index (χ0n) is 12.6. The van der Waals surface area contributed by atoms with Crippen molar-refractivity contribution in [3.63, 3.8) is 0 Å². The van der Waals surface area contributed by atoms with E-state index in [0.29, 0.717) is 24.7 Å². The first-order valence-corrected chi connectivity index (χ1v) is 7.07. The van der Waals surface area contributed by atoms with Crippen LogP contribution in [0.3, 0.4) is 0 Å². The number of hydrogen-bond acceptors (Lipinski definition) is 5. The van der Waals surface area contributed by atoms with Gasteiger partial charge < -0.3 is 15.0 Å². The second kappa shape index (κ2) is 9.25. The van der Waals surface area contributed by atoms with Crippen LogP contribution in [0.5, 0.6) is 0 Å². The molecule has 0 saturated carbocycles. The van der Waals surface area contributed by atoms with Gasteiger partial charge in [-0.15, -0.1) is 0 Å². The van der Waals surface area contributed by atoms with Crippen LogP contribution in [0.1, 0.15) is 37.2 Å². The van der Waals surface area contributed by atoms with Gasteiger partial charge in [0.15, 0.2) is 0 Å². The van der Waals surface area contributed by atoms with Crippen LogP contribution in [-0.2, 0) is 4.74 Å². The first-order valence-electron chi connectivity index (χ1n) is 7.07. The molecule has 0 aliphatic rings. The van der Waals surface area contributed by atoms with Gasteiger partial charge >= 0.3 is 0 Å². The summed E-state index contributed by atoms with van der Waals surface area (Å²) in [5.41, 5.74) is 0.432. The molecule has 1 rings (SSSR count). The molecule has 0 saturated heterocycles. The molecule has 0 aliphatic heterocycles. The molecule has 1 amide bonds. The van der Waals surface area contributed by atoms with Gasteiger partial charge in [-0.05, 0) is 12.8 Å². The highest BCUT2D eigenvalue weighted by molar-refractivity contribution is 5.92. The number of hydrogen-bond donors (Lipinski definition) is 1. The van der Waals surface area contributed by atoms with Crippen molar-refractivity contribution in [1.29, 1.82) is 0 Å². The Kier molecular flexibility index (Phi) is 7.57. The maximum absolute atomic E-state index is 12.4. The molecule has 20 heavy (non-hydrogen) atoms. The second-order valence-corrected chi connectivity index (χ2v) is 4.50. The van der Waals surface area contributed by atoms with Crippen LogP contribution in [-0.4, -0.2) is 54.1 Å². The van der Waals surface area contributed by atoms with Gasteiger partial charge in [0.05, 0.1) is 6.61 Å². The fraction of sp³-hybridized carbons (Fsp3) is 0.643. The fourth-order valence-electron chi connectivity index (χ4n) is 1.87. The summed E-state index contributed by atoms with van der Waals surface area (Å²) in [7, 11) is 1.64. The molecule has 1 N–H and O–H groups in total. The van der Waals surface area contributed by atoms with Gasteiger partial charge in [-0.2, -0.15) is 0 Å². The van der Waals surface area contributed by atoms with Gasteiger partial charge in [0.1, 0.15) is 17.8 Å². The van der Waals surface area contributed by atoms with E-state index in [4.69, 9.17) is 4.74 Å². The van der Waals surface area contributed by atoms with E-state index in [0.717, 1.165) is 25.9 Å². The van der Waals surface area contributed by atoms with Crippen molar-refractivity contribution in [2.75, 3.05) is 38.7 Å². The zero-order chi connectivity index (χ0) is 14.8. The van der Waals surface area contributed by atoms with Gasteiger partial charge in [-0.1, -0.05) is 13.8 Å². The Balaban J connectivity index is 2.73. The highest BCUT2D eigenvalue weighted by Gasteiger charge is 2.16. The lowest BCUT2D eigenvalue weighted by molar-refractivity contribution is 0.0749. The van der Waals surface area contributed by atoms with E-state index in [9.17, 15) is 4.79 Å². The summed E-state index contributed by atoms with van der Waals surface area (Å²) in [6.45, 7) is 6.87. The van der Waals surface area contributed by atoms with Crippen molar-refractivity contribution in [3.8, 4) is 0 Å². The fourth-order valence-corrected chi connectivity index (χ4v) is 1.87. The molecule has 6 nitrogen and oxygen atoms in total. The van der Waals surface area contributed by atoms with E-state index in [1.165, 1.54) is 6.33 Å². The van der Waals surface area contributed by atoms with Gasteiger partial charge in [0, 0.05) is 32.8 Å². The highest BCUT2D eigenvalue weighted by Crippen LogP contribution is 2.08. The van der Waals surface area contributed by atoms with Crippen molar-refractivity contribution in [2.24, 2.45) is 0 Å². The first-order chi connectivity index (χ1) is 9.72. The molecular weight excluding hydrogens is 256 g/mol. The van der Waals surface area contributed by atoms with Crippen LogP contribution in [0, 0.1) is 0 Å². The molecule has 0 aromatic carbocycles. The molecule has 1 aromatic heterocycles. The monoisotopic (exact) mass is 280 g/mol. The largest absolute Gasteiger partial charge is 0.383 e. The van der Waals surface area contributed by atoms with E-state index in [-0.39, 0.29) is 5.91 Å². The number of carbonyl (C=O) groups is 1. The molecule has 0 aliphatic carbocycles. The Bertz CT molecular complexity index is 406. The number of rotatable bonds is 9.